The second-order valence-electron chi connectivity index (χ2n) is 9.82. The summed E-state index contributed by atoms with van der Waals surface area (Å²) in [5.41, 5.74) is 19.4. The lowest BCUT2D eigenvalue weighted by molar-refractivity contribution is -0.129. The first-order valence-corrected chi connectivity index (χ1v) is 13.1. The summed E-state index contributed by atoms with van der Waals surface area (Å²) in [5, 5.41) is 5.82. The number of hydrogen-bond donors (Lipinski definition) is 5. The summed E-state index contributed by atoms with van der Waals surface area (Å²) in [5.74, 6) is -0.327. The molecule has 37 heavy (non-hydrogen) atoms. The second kappa shape index (κ2) is 14.3. The predicted molar refractivity (Wildman–Crippen MR) is 144 cm³/mol. The molecule has 0 aliphatic heterocycles. The summed E-state index contributed by atoms with van der Waals surface area (Å²) in [4.78, 5) is 30.0. The van der Waals surface area contributed by atoms with E-state index in [9.17, 15) is 14.0 Å². The van der Waals surface area contributed by atoms with Gasteiger partial charge in [-0.15, -0.1) is 0 Å². The maximum atomic E-state index is 13.1. The van der Waals surface area contributed by atoms with Gasteiger partial charge in [-0.05, 0) is 67.0 Å². The van der Waals surface area contributed by atoms with Crippen molar-refractivity contribution < 1.29 is 14.0 Å². The molecule has 0 heterocycles. The second-order valence-corrected chi connectivity index (χ2v) is 9.82. The maximum absolute atomic E-state index is 13.1. The largest absolute Gasteiger partial charge is 0.370 e. The molecule has 2 amide bonds. The highest BCUT2D eigenvalue weighted by Gasteiger charge is 2.25. The smallest absolute Gasteiger partial charge is 0.242 e. The van der Waals surface area contributed by atoms with Gasteiger partial charge in [-0.1, -0.05) is 56.4 Å². The summed E-state index contributed by atoms with van der Waals surface area (Å²) in [6.07, 6.45) is 8.39. The molecule has 2 aromatic carbocycles. The third kappa shape index (κ3) is 9.84. The maximum Gasteiger partial charge on any atom is 0.242 e. The monoisotopic (exact) mass is 510 g/mol. The summed E-state index contributed by atoms with van der Waals surface area (Å²) < 4.78 is 13.1. The molecule has 9 heteroatoms. The fraction of sp³-hybridized carbons (Fsp3) is 0.464. The van der Waals surface area contributed by atoms with E-state index in [-0.39, 0.29) is 23.6 Å². The lowest BCUT2D eigenvalue weighted by Crippen LogP contribution is -2.52. The molecule has 2 atom stereocenters. The van der Waals surface area contributed by atoms with Crippen LogP contribution in [-0.4, -0.2) is 36.4 Å². The van der Waals surface area contributed by atoms with Crippen LogP contribution in [0.2, 0.25) is 0 Å². The number of rotatable bonds is 12. The van der Waals surface area contributed by atoms with Crippen LogP contribution in [0.5, 0.6) is 0 Å². The van der Waals surface area contributed by atoms with Gasteiger partial charge in [0.15, 0.2) is 5.96 Å². The minimum atomic E-state index is -0.807. The SMILES string of the molecule is NC(N)=Nc1ccc(C[C@H](N)C(=O)N[C@@H](CCC2CCCCC2)C(=O)NCCc2ccc(F)cc2)cc1. The Hall–Kier alpha value is -3.46. The standard InChI is InChI=1S/C28H39FN6O2/c29-22-11-6-20(7-12-22)16-17-33-27(37)25(15-10-19-4-2-1-3-5-19)35-26(36)24(30)18-21-8-13-23(14-9-21)34-28(31)32/h6-9,11-14,19,24-25H,1-5,10,15-18,30H2,(H,33,37)(H,35,36)(H4,31,32,34)/t24-,25-/m0/s1. The molecule has 0 radical (unpaired) electrons. The normalized spacial score (nSPS) is 15.4. The Morgan fingerprint density at radius 1 is 0.946 bits per heavy atom. The quantitative estimate of drug-likeness (QED) is 0.220. The van der Waals surface area contributed by atoms with Gasteiger partial charge in [0.2, 0.25) is 11.8 Å². The molecular weight excluding hydrogens is 471 g/mol. The number of carbonyl (C=O) groups excluding carboxylic acids is 2. The third-order valence-electron chi connectivity index (χ3n) is 6.83. The lowest BCUT2D eigenvalue weighted by atomic mass is 9.85. The fourth-order valence-electron chi connectivity index (χ4n) is 4.73. The Morgan fingerprint density at radius 2 is 1.59 bits per heavy atom. The minimum absolute atomic E-state index is 0.0287. The van der Waals surface area contributed by atoms with E-state index in [1.807, 2.05) is 12.1 Å². The van der Waals surface area contributed by atoms with Crippen LogP contribution in [0.25, 0.3) is 0 Å². The molecule has 0 spiro atoms. The number of nitrogens with one attached hydrogen (secondary N) is 2. The molecule has 0 bridgehead atoms. The number of halogens is 1. The van der Waals surface area contributed by atoms with Crippen LogP contribution in [0.1, 0.15) is 56.1 Å². The molecule has 0 saturated heterocycles. The number of nitrogens with two attached hydrogens (primary N) is 3. The third-order valence-corrected chi connectivity index (χ3v) is 6.83. The van der Waals surface area contributed by atoms with Crippen molar-refractivity contribution in [2.45, 2.75) is 69.9 Å². The van der Waals surface area contributed by atoms with Gasteiger partial charge in [-0.25, -0.2) is 9.38 Å². The van der Waals surface area contributed by atoms with Crippen LogP contribution >= 0.6 is 0 Å². The molecule has 1 aliphatic rings. The van der Waals surface area contributed by atoms with Crippen LogP contribution in [0.4, 0.5) is 10.1 Å². The van der Waals surface area contributed by atoms with Crippen LogP contribution in [0.15, 0.2) is 53.5 Å². The van der Waals surface area contributed by atoms with Crippen LogP contribution in [0.3, 0.4) is 0 Å². The van der Waals surface area contributed by atoms with Crippen molar-refractivity contribution in [3.05, 3.63) is 65.5 Å². The van der Waals surface area contributed by atoms with E-state index in [1.165, 1.54) is 44.2 Å². The molecule has 0 aromatic heterocycles. The molecule has 1 aliphatic carbocycles. The number of carbonyl (C=O) groups is 2. The predicted octanol–water partition coefficient (Wildman–Crippen LogP) is 2.80. The van der Waals surface area contributed by atoms with E-state index in [0.29, 0.717) is 37.4 Å². The van der Waals surface area contributed by atoms with Crippen LogP contribution in [0, 0.1) is 11.7 Å². The molecule has 3 rings (SSSR count). The molecule has 200 valence electrons. The van der Waals surface area contributed by atoms with Gasteiger partial charge < -0.3 is 27.8 Å². The van der Waals surface area contributed by atoms with E-state index in [2.05, 4.69) is 15.6 Å². The number of guanidine groups is 1. The molecule has 1 saturated carbocycles. The van der Waals surface area contributed by atoms with Crippen molar-refractivity contribution in [3.8, 4) is 0 Å². The van der Waals surface area contributed by atoms with Crippen molar-refractivity contribution in [1.29, 1.82) is 0 Å². The van der Waals surface area contributed by atoms with Gasteiger partial charge in [-0.3, -0.25) is 9.59 Å². The molecular formula is C28H39FN6O2. The number of benzene rings is 2. The zero-order valence-electron chi connectivity index (χ0n) is 21.3. The zero-order chi connectivity index (χ0) is 26.6. The first-order valence-electron chi connectivity index (χ1n) is 13.1. The first kappa shape index (κ1) is 28.1. The number of aliphatic imine (C=N–C) groups is 1. The molecule has 2 aromatic rings. The Labute approximate surface area is 218 Å². The van der Waals surface area contributed by atoms with E-state index < -0.39 is 12.1 Å². The molecule has 8 nitrogen and oxygen atoms in total. The van der Waals surface area contributed by atoms with Gasteiger partial charge in [0.05, 0.1) is 11.7 Å². The zero-order valence-corrected chi connectivity index (χ0v) is 21.3. The molecule has 1 fully saturated rings. The van der Waals surface area contributed by atoms with E-state index in [4.69, 9.17) is 17.2 Å². The summed E-state index contributed by atoms with van der Waals surface area (Å²) in [6, 6.07) is 11.9. The van der Waals surface area contributed by atoms with Gasteiger partial charge >= 0.3 is 0 Å². The van der Waals surface area contributed by atoms with E-state index in [1.54, 1.807) is 24.3 Å². The van der Waals surface area contributed by atoms with Crippen molar-refractivity contribution in [2.75, 3.05) is 6.54 Å². The molecule has 0 unspecified atom stereocenters. The highest BCUT2D eigenvalue weighted by Crippen LogP contribution is 2.27. The van der Waals surface area contributed by atoms with Crippen molar-refractivity contribution in [2.24, 2.45) is 28.1 Å². The topological polar surface area (TPSA) is 149 Å². The average molecular weight is 511 g/mol. The summed E-state index contributed by atoms with van der Waals surface area (Å²) >= 11 is 0. The first-order chi connectivity index (χ1) is 17.8. The Morgan fingerprint density at radius 3 is 2.24 bits per heavy atom. The summed E-state index contributed by atoms with van der Waals surface area (Å²) in [6.45, 7) is 0.397. The van der Waals surface area contributed by atoms with Gasteiger partial charge in [0.1, 0.15) is 11.9 Å². The highest BCUT2D eigenvalue weighted by atomic mass is 19.1. The van der Waals surface area contributed by atoms with Gasteiger partial charge in [0, 0.05) is 6.54 Å². The number of hydrogen-bond acceptors (Lipinski definition) is 4. The highest BCUT2D eigenvalue weighted by molar-refractivity contribution is 5.89. The van der Waals surface area contributed by atoms with Crippen LogP contribution in [-0.2, 0) is 22.4 Å². The number of nitrogens with zero attached hydrogens (tertiary/aromatic N) is 1. The van der Waals surface area contributed by atoms with Crippen molar-refractivity contribution in [1.82, 2.24) is 10.6 Å². The average Bonchev–Trinajstić information content (AvgIpc) is 2.89. The lowest BCUT2D eigenvalue weighted by Gasteiger charge is -2.25. The Bertz CT molecular complexity index is 1030. The fourth-order valence-corrected chi connectivity index (χ4v) is 4.73. The minimum Gasteiger partial charge on any atom is -0.370 e. The van der Waals surface area contributed by atoms with Crippen molar-refractivity contribution >= 4 is 23.5 Å². The number of amides is 2. The Balaban J connectivity index is 1.56. The van der Waals surface area contributed by atoms with E-state index in [0.717, 1.165) is 17.5 Å². The van der Waals surface area contributed by atoms with Crippen molar-refractivity contribution in [3.63, 3.8) is 0 Å². The Kier molecular flexibility index (Phi) is 10.9. The van der Waals surface area contributed by atoms with Crippen LogP contribution < -0.4 is 27.8 Å². The summed E-state index contributed by atoms with van der Waals surface area (Å²) in [7, 11) is 0. The van der Waals surface area contributed by atoms with Gasteiger partial charge in [-0.2, -0.15) is 0 Å². The van der Waals surface area contributed by atoms with Gasteiger partial charge in [0.25, 0.3) is 0 Å². The van der Waals surface area contributed by atoms with E-state index >= 15 is 0 Å². The molecule has 8 N–H and O–H groups in total.